The van der Waals surface area contributed by atoms with E-state index in [-0.39, 0.29) is 17.9 Å². The van der Waals surface area contributed by atoms with E-state index >= 15 is 0 Å². The molecule has 1 aliphatic heterocycles. The van der Waals surface area contributed by atoms with Gasteiger partial charge in [0.25, 0.3) is 0 Å². The van der Waals surface area contributed by atoms with Gasteiger partial charge in [0, 0.05) is 38.8 Å². The van der Waals surface area contributed by atoms with Crippen LogP contribution < -0.4 is 10.6 Å². The van der Waals surface area contributed by atoms with Crippen LogP contribution in [0.5, 0.6) is 0 Å². The topological polar surface area (TPSA) is 64.7 Å². The molecule has 2 rings (SSSR count). The minimum atomic E-state index is -0.106. The van der Waals surface area contributed by atoms with Crippen molar-refractivity contribution in [3.8, 4) is 0 Å². The summed E-state index contributed by atoms with van der Waals surface area (Å²) in [5.41, 5.74) is 0. The summed E-state index contributed by atoms with van der Waals surface area (Å²) in [5, 5.41) is 6.07. The molecule has 0 bridgehead atoms. The number of hydrogen-bond donors (Lipinski definition) is 2. The fourth-order valence-corrected chi connectivity index (χ4v) is 3.75. The predicted octanol–water partition coefficient (Wildman–Crippen LogP) is 0.990. The summed E-state index contributed by atoms with van der Waals surface area (Å²) >= 11 is 0. The van der Waals surface area contributed by atoms with Crippen LogP contribution in [0.3, 0.4) is 0 Å². The van der Waals surface area contributed by atoms with Crippen molar-refractivity contribution in [1.82, 2.24) is 20.4 Å². The molecule has 0 radical (unpaired) electrons. The van der Waals surface area contributed by atoms with Gasteiger partial charge in [0.2, 0.25) is 11.8 Å². The Balaban J connectivity index is 1.72. The van der Waals surface area contributed by atoms with Crippen LogP contribution in [-0.4, -0.2) is 73.0 Å². The third-order valence-electron chi connectivity index (χ3n) is 5.58. The average Bonchev–Trinajstić information content (AvgIpc) is 2.62. The van der Waals surface area contributed by atoms with Gasteiger partial charge in [-0.1, -0.05) is 25.8 Å². The van der Waals surface area contributed by atoms with Crippen LogP contribution in [0.25, 0.3) is 0 Å². The van der Waals surface area contributed by atoms with Gasteiger partial charge in [0.1, 0.15) is 0 Å². The van der Waals surface area contributed by atoms with Gasteiger partial charge in [-0.3, -0.25) is 19.4 Å². The van der Waals surface area contributed by atoms with Gasteiger partial charge in [0.05, 0.1) is 12.6 Å². The van der Waals surface area contributed by atoms with Crippen molar-refractivity contribution in [3.05, 3.63) is 12.7 Å². The van der Waals surface area contributed by atoms with Crippen molar-refractivity contribution >= 4 is 11.8 Å². The lowest BCUT2D eigenvalue weighted by Gasteiger charge is -2.38. The Kier molecular flexibility index (Phi) is 7.90. The molecule has 2 fully saturated rings. The summed E-state index contributed by atoms with van der Waals surface area (Å²) in [6.07, 6.45) is 6.50. The van der Waals surface area contributed by atoms with Crippen molar-refractivity contribution in [2.45, 2.75) is 51.6 Å². The third-order valence-corrected chi connectivity index (χ3v) is 5.58. The zero-order valence-electron chi connectivity index (χ0n) is 15.8. The SMILES string of the molecule is C=CCNC(=O)CN1CCN(C(C)C(=O)NC2CCCCC2C)CC1. The maximum absolute atomic E-state index is 12.6. The van der Waals surface area contributed by atoms with Gasteiger partial charge < -0.3 is 10.6 Å². The number of amides is 2. The van der Waals surface area contributed by atoms with E-state index in [4.69, 9.17) is 0 Å². The summed E-state index contributed by atoms with van der Waals surface area (Å²) in [6.45, 7) is 12.0. The van der Waals surface area contributed by atoms with Gasteiger partial charge >= 0.3 is 0 Å². The Labute approximate surface area is 152 Å². The van der Waals surface area contributed by atoms with Gasteiger partial charge in [0.15, 0.2) is 0 Å². The largest absolute Gasteiger partial charge is 0.352 e. The van der Waals surface area contributed by atoms with E-state index in [0.717, 1.165) is 32.6 Å². The van der Waals surface area contributed by atoms with E-state index in [1.807, 2.05) is 6.92 Å². The van der Waals surface area contributed by atoms with Crippen LogP contribution in [-0.2, 0) is 9.59 Å². The van der Waals surface area contributed by atoms with Crippen LogP contribution in [0, 0.1) is 5.92 Å². The maximum Gasteiger partial charge on any atom is 0.237 e. The van der Waals surface area contributed by atoms with Gasteiger partial charge in [-0.15, -0.1) is 6.58 Å². The molecule has 2 amide bonds. The third kappa shape index (κ3) is 6.12. The Bertz CT molecular complexity index is 460. The summed E-state index contributed by atoms with van der Waals surface area (Å²) in [5.74, 6) is 0.761. The second kappa shape index (κ2) is 9.92. The highest BCUT2D eigenvalue weighted by atomic mass is 16.2. The normalized spacial score (nSPS) is 26.6. The highest BCUT2D eigenvalue weighted by Crippen LogP contribution is 2.24. The molecule has 3 unspecified atom stereocenters. The van der Waals surface area contributed by atoms with Crippen molar-refractivity contribution in [1.29, 1.82) is 0 Å². The molecule has 0 aromatic rings. The maximum atomic E-state index is 12.6. The van der Waals surface area contributed by atoms with Crippen molar-refractivity contribution in [3.63, 3.8) is 0 Å². The minimum absolute atomic E-state index is 0.0328. The molecule has 6 heteroatoms. The Hall–Kier alpha value is -1.40. The predicted molar refractivity (Wildman–Crippen MR) is 100 cm³/mol. The molecule has 1 aliphatic carbocycles. The van der Waals surface area contributed by atoms with E-state index in [9.17, 15) is 9.59 Å². The summed E-state index contributed by atoms with van der Waals surface area (Å²) in [6, 6.07) is 0.226. The number of carbonyl (C=O) groups excluding carboxylic acids is 2. The van der Waals surface area contributed by atoms with Crippen molar-refractivity contribution in [2.24, 2.45) is 5.92 Å². The minimum Gasteiger partial charge on any atom is -0.352 e. The number of nitrogens with zero attached hydrogens (tertiary/aromatic N) is 2. The zero-order valence-corrected chi connectivity index (χ0v) is 15.8. The molecule has 0 spiro atoms. The second-order valence-corrected chi connectivity index (χ2v) is 7.46. The van der Waals surface area contributed by atoms with Crippen molar-refractivity contribution < 1.29 is 9.59 Å². The van der Waals surface area contributed by atoms with E-state index in [1.54, 1.807) is 6.08 Å². The Morgan fingerprint density at radius 2 is 1.88 bits per heavy atom. The Morgan fingerprint density at radius 1 is 1.20 bits per heavy atom. The average molecular weight is 351 g/mol. The van der Waals surface area contributed by atoms with Crippen LogP contribution in [0.1, 0.15) is 39.5 Å². The molecular weight excluding hydrogens is 316 g/mol. The lowest BCUT2D eigenvalue weighted by atomic mass is 9.86. The summed E-state index contributed by atoms with van der Waals surface area (Å²) in [4.78, 5) is 28.7. The molecule has 3 atom stereocenters. The molecule has 142 valence electrons. The second-order valence-electron chi connectivity index (χ2n) is 7.46. The van der Waals surface area contributed by atoms with Crippen molar-refractivity contribution in [2.75, 3.05) is 39.3 Å². The fraction of sp³-hybridized carbons (Fsp3) is 0.789. The molecule has 2 N–H and O–H groups in total. The molecule has 1 saturated carbocycles. The lowest BCUT2D eigenvalue weighted by Crippen LogP contribution is -2.56. The van der Waals surface area contributed by atoms with E-state index < -0.39 is 0 Å². The molecule has 2 aliphatic rings. The monoisotopic (exact) mass is 350 g/mol. The van der Waals surface area contributed by atoms with Gasteiger partial charge in [-0.05, 0) is 25.7 Å². The first-order chi connectivity index (χ1) is 12.0. The first kappa shape index (κ1) is 19.9. The first-order valence-electron chi connectivity index (χ1n) is 9.65. The van der Waals surface area contributed by atoms with Gasteiger partial charge in [-0.2, -0.15) is 0 Å². The highest BCUT2D eigenvalue weighted by molar-refractivity contribution is 5.81. The van der Waals surface area contributed by atoms with Crippen LogP contribution in [0.15, 0.2) is 12.7 Å². The van der Waals surface area contributed by atoms with Crippen LogP contribution in [0.2, 0.25) is 0 Å². The molecule has 1 heterocycles. The smallest absolute Gasteiger partial charge is 0.237 e. The lowest BCUT2D eigenvalue weighted by molar-refractivity contribution is -0.129. The highest BCUT2D eigenvalue weighted by Gasteiger charge is 2.29. The van der Waals surface area contributed by atoms with E-state index in [0.29, 0.717) is 25.0 Å². The number of rotatable bonds is 7. The Morgan fingerprint density at radius 3 is 2.52 bits per heavy atom. The standard InChI is InChI=1S/C19H34N4O2/c1-4-9-20-18(24)14-22-10-12-23(13-11-22)16(3)19(25)21-17-8-6-5-7-15(17)2/h4,15-17H,1,5-14H2,2-3H3,(H,20,24)(H,21,25). The number of carbonyl (C=O) groups is 2. The summed E-state index contributed by atoms with van der Waals surface area (Å²) < 4.78 is 0. The number of nitrogens with one attached hydrogen (secondary N) is 2. The quantitative estimate of drug-likeness (QED) is 0.672. The molecule has 0 aromatic heterocycles. The van der Waals surface area contributed by atoms with Crippen LogP contribution >= 0.6 is 0 Å². The number of hydrogen-bond acceptors (Lipinski definition) is 4. The summed E-state index contributed by atoms with van der Waals surface area (Å²) in [7, 11) is 0. The van der Waals surface area contributed by atoms with E-state index in [1.165, 1.54) is 19.3 Å². The fourth-order valence-electron chi connectivity index (χ4n) is 3.75. The zero-order chi connectivity index (χ0) is 18.2. The molecular formula is C19H34N4O2. The van der Waals surface area contributed by atoms with Crippen LogP contribution in [0.4, 0.5) is 0 Å². The molecule has 6 nitrogen and oxygen atoms in total. The molecule has 0 aromatic carbocycles. The first-order valence-corrected chi connectivity index (χ1v) is 9.65. The van der Waals surface area contributed by atoms with Gasteiger partial charge in [-0.25, -0.2) is 0 Å². The molecule has 1 saturated heterocycles. The van der Waals surface area contributed by atoms with E-state index in [2.05, 4.69) is 33.9 Å². The number of piperazine rings is 1. The molecule has 25 heavy (non-hydrogen) atoms.